The van der Waals surface area contributed by atoms with Crippen molar-refractivity contribution in [3.8, 4) is 0 Å². The molecule has 1 aromatic heterocycles. The SMILES string of the molecule is O=C(O)Cc1nnc2n(c1=O)CCN2. The maximum Gasteiger partial charge on any atom is 0.309 e. The van der Waals surface area contributed by atoms with Gasteiger partial charge in [0.1, 0.15) is 5.69 Å². The lowest BCUT2D eigenvalue weighted by Gasteiger charge is -2.01. The predicted molar refractivity (Wildman–Crippen MR) is 46.1 cm³/mol. The van der Waals surface area contributed by atoms with Crippen LogP contribution in [0.15, 0.2) is 4.79 Å². The van der Waals surface area contributed by atoms with Crippen molar-refractivity contribution >= 4 is 11.9 Å². The number of carbonyl (C=O) groups is 1. The fourth-order valence-corrected chi connectivity index (χ4v) is 1.33. The van der Waals surface area contributed by atoms with Crippen molar-refractivity contribution in [2.75, 3.05) is 11.9 Å². The molecule has 0 bridgehead atoms. The minimum absolute atomic E-state index is 0.0232. The Morgan fingerprint density at radius 1 is 1.57 bits per heavy atom. The third kappa shape index (κ3) is 1.32. The fraction of sp³-hybridized carbons (Fsp3) is 0.429. The lowest BCUT2D eigenvalue weighted by molar-refractivity contribution is -0.136. The van der Waals surface area contributed by atoms with E-state index in [0.717, 1.165) is 0 Å². The van der Waals surface area contributed by atoms with Gasteiger partial charge in [-0.2, -0.15) is 0 Å². The van der Waals surface area contributed by atoms with E-state index in [4.69, 9.17) is 5.11 Å². The molecule has 2 heterocycles. The number of anilines is 1. The summed E-state index contributed by atoms with van der Waals surface area (Å²) >= 11 is 0. The molecule has 0 radical (unpaired) electrons. The third-order valence-electron chi connectivity index (χ3n) is 1.95. The van der Waals surface area contributed by atoms with Crippen molar-refractivity contribution in [3.63, 3.8) is 0 Å². The molecule has 1 aromatic rings. The first-order valence-corrected chi connectivity index (χ1v) is 4.10. The van der Waals surface area contributed by atoms with Crippen LogP contribution in [0.25, 0.3) is 0 Å². The highest BCUT2D eigenvalue weighted by atomic mass is 16.4. The van der Waals surface area contributed by atoms with Crippen LogP contribution in [0.4, 0.5) is 5.95 Å². The van der Waals surface area contributed by atoms with Gasteiger partial charge in [0.05, 0.1) is 6.42 Å². The van der Waals surface area contributed by atoms with E-state index in [2.05, 4.69) is 15.5 Å². The Morgan fingerprint density at radius 3 is 3.07 bits per heavy atom. The molecule has 0 saturated heterocycles. The van der Waals surface area contributed by atoms with Crippen LogP contribution in [0.1, 0.15) is 5.69 Å². The molecule has 14 heavy (non-hydrogen) atoms. The number of hydrogen-bond donors (Lipinski definition) is 2. The van der Waals surface area contributed by atoms with Crippen molar-refractivity contribution in [3.05, 3.63) is 16.0 Å². The Bertz CT molecular complexity index is 439. The highest BCUT2D eigenvalue weighted by Gasteiger charge is 2.17. The number of hydrogen-bond acceptors (Lipinski definition) is 5. The van der Waals surface area contributed by atoms with Gasteiger partial charge in [-0.15, -0.1) is 10.2 Å². The first kappa shape index (κ1) is 8.67. The zero-order valence-corrected chi connectivity index (χ0v) is 7.23. The number of aromatic nitrogens is 3. The van der Waals surface area contributed by atoms with Gasteiger partial charge >= 0.3 is 5.97 Å². The summed E-state index contributed by atoms with van der Waals surface area (Å²) in [5.74, 6) is -0.674. The van der Waals surface area contributed by atoms with Crippen LogP contribution in [0.3, 0.4) is 0 Å². The monoisotopic (exact) mass is 196 g/mol. The van der Waals surface area contributed by atoms with E-state index in [1.807, 2.05) is 0 Å². The van der Waals surface area contributed by atoms with Gasteiger partial charge in [-0.3, -0.25) is 14.2 Å². The Morgan fingerprint density at radius 2 is 2.36 bits per heavy atom. The molecular weight excluding hydrogens is 188 g/mol. The molecule has 1 aliphatic rings. The maximum atomic E-state index is 11.6. The minimum Gasteiger partial charge on any atom is -0.481 e. The normalized spacial score (nSPS) is 13.4. The first-order valence-electron chi connectivity index (χ1n) is 4.10. The van der Waals surface area contributed by atoms with E-state index < -0.39 is 5.97 Å². The van der Waals surface area contributed by atoms with Crippen molar-refractivity contribution in [1.29, 1.82) is 0 Å². The highest BCUT2D eigenvalue weighted by molar-refractivity contribution is 5.69. The molecule has 0 aliphatic carbocycles. The lowest BCUT2D eigenvalue weighted by atomic mass is 10.3. The molecule has 0 atom stereocenters. The molecule has 0 aromatic carbocycles. The molecule has 0 saturated carbocycles. The van der Waals surface area contributed by atoms with Gasteiger partial charge in [0, 0.05) is 13.1 Å². The molecule has 74 valence electrons. The highest BCUT2D eigenvalue weighted by Crippen LogP contribution is 2.04. The largest absolute Gasteiger partial charge is 0.481 e. The van der Waals surface area contributed by atoms with E-state index in [-0.39, 0.29) is 17.7 Å². The summed E-state index contributed by atoms with van der Waals surface area (Å²) in [6.07, 6.45) is -0.383. The summed E-state index contributed by atoms with van der Waals surface area (Å²) < 4.78 is 1.39. The second kappa shape index (κ2) is 3.09. The van der Waals surface area contributed by atoms with Crippen LogP contribution in [-0.4, -0.2) is 32.4 Å². The zero-order chi connectivity index (χ0) is 10.1. The van der Waals surface area contributed by atoms with Gasteiger partial charge < -0.3 is 10.4 Å². The zero-order valence-electron chi connectivity index (χ0n) is 7.23. The number of nitrogens with zero attached hydrogens (tertiary/aromatic N) is 3. The summed E-state index contributed by atoms with van der Waals surface area (Å²) in [7, 11) is 0. The van der Waals surface area contributed by atoms with E-state index in [9.17, 15) is 9.59 Å². The predicted octanol–water partition coefficient (Wildman–Crippen LogP) is -1.31. The molecule has 0 unspecified atom stereocenters. The second-order valence-electron chi connectivity index (χ2n) is 2.92. The van der Waals surface area contributed by atoms with Crippen molar-refractivity contribution in [2.24, 2.45) is 0 Å². The van der Waals surface area contributed by atoms with E-state index in [1.54, 1.807) is 0 Å². The van der Waals surface area contributed by atoms with Crippen LogP contribution >= 0.6 is 0 Å². The summed E-state index contributed by atoms with van der Waals surface area (Å²) in [6, 6.07) is 0. The van der Waals surface area contributed by atoms with Gasteiger partial charge in [0.15, 0.2) is 0 Å². The molecule has 7 nitrogen and oxygen atoms in total. The van der Waals surface area contributed by atoms with Gasteiger partial charge in [0.25, 0.3) is 5.56 Å². The number of nitrogens with one attached hydrogen (secondary N) is 1. The molecule has 0 amide bonds. The number of carboxylic acid groups (broad SMARTS) is 1. The summed E-state index contributed by atoms with van der Waals surface area (Å²) in [6.45, 7) is 1.14. The molecular formula is C7H8N4O3. The summed E-state index contributed by atoms with van der Waals surface area (Å²) in [5.41, 5.74) is -0.396. The molecule has 1 aliphatic heterocycles. The quantitative estimate of drug-likeness (QED) is 0.609. The maximum absolute atomic E-state index is 11.6. The van der Waals surface area contributed by atoms with Gasteiger partial charge in [-0.05, 0) is 0 Å². The van der Waals surface area contributed by atoms with Crippen LogP contribution in [-0.2, 0) is 17.8 Å². The lowest BCUT2D eigenvalue weighted by Crippen LogP contribution is -2.26. The van der Waals surface area contributed by atoms with Crippen LogP contribution < -0.4 is 10.9 Å². The number of aliphatic carboxylic acids is 1. The molecule has 2 N–H and O–H groups in total. The number of carboxylic acids is 1. The summed E-state index contributed by atoms with van der Waals surface area (Å²) in [5, 5.41) is 18.6. The van der Waals surface area contributed by atoms with Crippen molar-refractivity contribution in [1.82, 2.24) is 14.8 Å². The van der Waals surface area contributed by atoms with E-state index in [1.165, 1.54) is 4.57 Å². The van der Waals surface area contributed by atoms with Gasteiger partial charge in [-0.25, -0.2) is 0 Å². The number of fused-ring (bicyclic) bond motifs is 1. The van der Waals surface area contributed by atoms with E-state index >= 15 is 0 Å². The van der Waals surface area contributed by atoms with Gasteiger partial charge in [-0.1, -0.05) is 0 Å². The van der Waals surface area contributed by atoms with Crippen molar-refractivity contribution in [2.45, 2.75) is 13.0 Å². The average Bonchev–Trinajstić information content (AvgIpc) is 2.57. The third-order valence-corrected chi connectivity index (χ3v) is 1.95. The molecule has 7 heteroatoms. The minimum atomic E-state index is -1.08. The number of rotatable bonds is 2. The summed E-state index contributed by atoms with van der Waals surface area (Å²) in [4.78, 5) is 21.9. The smallest absolute Gasteiger partial charge is 0.309 e. The Kier molecular flexibility index (Phi) is 1.91. The van der Waals surface area contributed by atoms with Crippen LogP contribution in [0.2, 0.25) is 0 Å². The second-order valence-corrected chi connectivity index (χ2v) is 2.92. The van der Waals surface area contributed by atoms with E-state index in [0.29, 0.717) is 19.0 Å². The Balaban J connectivity index is 2.45. The van der Waals surface area contributed by atoms with Gasteiger partial charge in [0.2, 0.25) is 5.95 Å². The van der Waals surface area contributed by atoms with Crippen molar-refractivity contribution < 1.29 is 9.90 Å². The Hall–Kier alpha value is -1.92. The van der Waals surface area contributed by atoms with Crippen LogP contribution in [0.5, 0.6) is 0 Å². The average molecular weight is 196 g/mol. The standard InChI is InChI=1S/C7H8N4O3/c12-5(13)3-4-6(14)11-2-1-8-7(11)10-9-4/h1-3H2,(H,8,10)(H,12,13). The molecule has 2 rings (SSSR count). The van der Waals surface area contributed by atoms with Crippen LogP contribution in [0, 0.1) is 0 Å². The molecule has 0 spiro atoms. The molecule has 0 fully saturated rings. The fourth-order valence-electron chi connectivity index (χ4n) is 1.33. The Labute approximate surface area is 78.4 Å². The topological polar surface area (TPSA) is 97.1 Å². The first-order chi connectivity index (χ1) is 6.68.